The minimum atomic E-state index is -1.23. The van der Waals surface area contributed by atoms with Gasteiger partial charge < -0.3 is 97.5 Å². The molecule has 2 heterocycles. The van der Waals surface area contributed by atoms with Crippen LogP contribution >= 0.6 is 15.9 Å². The van der Waals surface area contributed by atoms with E-state index >= 15 is 0 Å². The highest BCUT2D eigenvalue weighted by molar-refractivity contribution is 9.09. The summed E-state index contributed by atoms with van der Waals surface area (Å²) in [4.78, 5) is 112. The highest BCUT2D eigenvalue weighted by Crippen LogP contribution is 2.53. The van der Waals surface area contributed by atoms with Crippen LogP contribution in [0.1, 0.15) is 158 Å². The Morgan fingerprint density at radius 2 is 0.814 bits per heavy atom. The normalized spacial score (nSPS) is 21.1. The Morgan fingerprint density at radius 3 is 1.23 bits per heavy atom. The standard InChI is InChI=1S/C42H57NO14.C20H31BrO9.C20H23NO5/c1-24(2)19-48-49-23-35-38(55-50-20-25(3)4)40(56-51-21-26(5)6)41(57-52-22-27(7)8)42(54-35)53-30-14-15-31-32(18-30)33(43-28(9)44)16-13-29-17-34(45-10)37(46-11)39(47-12)36(29)31;1-7-9-22-28-17-16(13-25-24-11-14(3)4)27-20(21)19(30-26-12-15(5)6)18(17)29-23-10-8-2;1-11(22)21-16-8-5-12-9-17(24-2)19(25-3)20(26-4)18(12)14-7-6-13(23)10-15(14)16/h14-15,17-22,33,35,38,40-42H,13,16,23H2,1-12H3,(H,43,44);7-12,16-20H,13H2,1-6H3;6-7,9-10,16,23H,5,8H2,1-4H3,(H,21,22)/b;9-7+,10-8+;/t33-,35+,38+,40-,41+,42-;16-,17-,18+,19-,20+;16-/m010/s1. The number of halogens is 1. The van der Waals surface area contributed by atoms with Gasteiger partial charge in [0.2, 0.25) is 29.6 Å². The molecule has 12 atom stereocenters. The maximum absolute atomic E-state index is 12.6. The number of phenolic OH excluding ortho intramolecular Hbond substituents is 1. The second kappa shape index (κ2) is 47.3. The van der Waals surface area contributed by atoms with Crippen LogP contribution in [0.5, 0.6) is 46.0 Å². The zero-order chi connectivity index (χ0) is 82.8. The van der Waals surface area contributed by atoms with Gasteiger partial charge in [-0.1, -0.05) is 28.1 Å². The monoisotopic (exact) mass is 1650 g/mol. The second-order valence-electron chi connectivity index (χ2n) is 27.5. The van der Waals surface area contributed by atoms with Crippen LogP contribution in [-0.4, -0.2) is 133 Å². The summed E-state index contributed by atoms with van der Waals surface area (Å²) in [6, 6.07) is 14.0. The molecule has 4 aromatic rings. The van der Waals surface area contributed by atoms with Gasteiger partial charge in [0.1, 0.15) is 92.0 Å². The molecule has 0 aromatic heterocycles. The number of carbonyl (C=O) groups is 2. The van der Waals surface area contributed by atoms with Crippen LogP contribution in [0.2, 0.25) is 0 Å². The Hall–Kier alpha value is -9.38. The van der Waals surface area contributed by atoms with Crippen molar-refractivity contribution in [1.29, 1.82) is 0 Å². The average Bonchev–Trinajstić information content (AvgIpc) is 1.70. The van der Waals surface area contributed by atoms with E-state index in [1.165, 1.54) is 63.9 Å². The van der Waals surface area contributed by atoms with Crippen molar-refractivity contribution in [3.63, 3.8) is 0 Å². The maximum Gasteiger partial charge on any atom is 0.234 e. The lowest BCUT2D eigenvalue weighted by Crippen LogP contribution is -2.62. The first kappa shape index (κ1) is 92.5. The zero-order valence-electron chi connectivity index (χ0n) is 68.4. The zero-order valence-corrected chi connectivity index (χ0v) is 70.0. The minimum absolute atomic E-state index is 0.0147. The minimum Gasteiger partial charge on any atom is -0.508 e. The molecule has 30 nitrogen and oxygen atoms in total. The van der Waals surface area contributed by atoms with E-state index < -0.39 is 66.2 Å². The Morgan fingerprint density at radius 1 is 0.442 bits per heavy atom. The van der Waals surface area contributed by atoms with Crippen molar-refractivity contribution in [1.82, 2.24) is 10.6 Å². The molecule has 0 spiro atoms. The number of benzene rings is 4. The lowest BCUT2D eigenvalue weighted by Gasteiger charge is -2.42. The number of ether oxygens (including phenoxy) is 9. The van der Waals surface area contributed by atoms with Crippen molar-refractivity contribution in [2.75, 3.05) is 55.9 Å². The number of phenols is 1. The number of nitrogens with one attached hydrogen (secondary N) is 2. The van der Waals surface area contributed by atoms with E-state index in [4.69, 9.17) is 121 Å². The van der Waals surface area contributed by atoms with Crippen LogP contribution in [0.4, 0.5) is 0 Å². The van der Waals surface area contributed by atoms with Crippen LogP contribution in [0.3, 0.4) is 0 Å². The summed E-state index contributed by atoms with van der Waals surface area (Å²) in [6.45, 7) is 28.7. The summed E-state index contributed by atoms with van der Waals surface area (Å²) in [7, 11) is 9.47. The van der Waals surface area contributed by atoms with Crippen molar-refractivity contribution < 1.29 is 136 Å². The highest BCUT2D eigenvalue weighted by Gasteiger charge is 2.54. The second-order valence-corrected chi connectivity index (χ2v) is 28.4. The number of methoxy groups -OCH3 is 6. The lowest BCUT2D eigenvalue weighted by atomic mass is 9.93. The predicted octanol–water partition coefficient (Wildman–Crippen LogP) is 16.3. The third-order valence-electron chi connectivity index (χ3n) is 16.4. The van der Waals surface area contributed by atoms with Crippen molar-refractivity contribution >= 4 is 27.7 Å². The van der Waals surface area contributed by atoms with E-state index in [0.29, 0.717) is 65.9 Å². The summed E-state index contributed by atoms with van der Waals surface area (Å²) in [6.07, 6.45) is 8.76. The van der Waals surface area contributed by atoms with Crippen LogP contribution in [-0.2, 0) is 110 Å². The molecule has 113 heavy (non-hydrogen) atoms. The summed E-state index contributed by atoms with van der Waals surface area (Å²) in [5, 5.41) is 15.5. The molecule has 3 N–H and O–H groups in total. The Labute approximate surface area is 670 Å². The number of alkyl halides is 1. The molecule has 4 aromatic carbocycles. The molecule has 2 saturated heterocycles. The average molecular weight is 1650 g/mol. The van der Waals surface area contributed by atoms with Crippen LogP contribution in [0.25, 0.3) is 22.3 Å². The summed E-state index contributed by atoms with van der Waals surface area (Å²) in [5.41, 5.74) is 12.2. The molecule has 0 unspecified atom stereocenters. The van der Waals surface area contributed by atoms with E-state index in [-0.39, 0.29) is 36.8 Å². The number of carbonyl (C=O) groups excluding carboxylic acids is 2. The van der Waals surface area contributed by atoms with Crippen LogP contribution in [0, 0.1) is 0 Å². The van der Waals surface area contributed by atoms with Gasteiger partial charge in [0, 0.05) is 25.0 Å². The first-order valence-corrected chi connectivity index (χ1v) is 37.4. The number of hydrogen-bond acceptors (Lipinski definition) is 28. The van der Waals surface area contributed by atoms with E-state index in [1.54, 1.807) is 86.9 Å². The fourth-order valence-corrected chi connectivity index (χ4v) is 12.4. The number of hydrogen-bond donors (Lipinski definition) is 3. The Balaban J connectivity index is 0.000000296. The molecule has 624 valence electrons. The maximum atomic E-state index is 12.6. The highest BCUT2D eigenvalue weighted by atomic mass is 79.9. The van der Waals surface area contributed by atoms with Gasteiger partial charge in [-0.3, -0.25) is 9.59 Å². The third kappa shape index (κ3) is 27.4. The molecule has 2 fully saturated rings. The lowest BCUT2D eigenvalue weighted by molar-refractivity contribution is -0.454. The van der Waals surface area contributed by atoms with Gasteiger partial charge in [-0.2, -0.15) is 39.1 Å². The SMILES string of the molecule is C/C=C/OO[C@@H]1[C@@H](OOC=C(C)C)[C@@H](Br)O[C@H](COOC=C(C)C)[C@H]1OO/C=C/C.COc1cc2c(c(OC)c1OC)-c1ccc(O)cc1[C@@H](NC(C)=O)CC2.COc1cc2c(c(OC)c1OC)-c1ccc(O[C@H]3O[C@H](COOC=C(C)C)[C@@H](OOC=C(C)C)[C@H](OOC=C(C)C)[C@H]3OOC=C(C)C)cc1[C@@H](NC(C)=O)CC2. The van der Waals surface area contributed by atoms with Gasteiger partial charge in [-0.05, 0) is 238 Å². The quantitative estimate of drug-likeness (QED) is 0.0125. The number of aromatic hydroxyl groups is 1. The summed E-state index contributed by atoms with van der Waals surface area (Å²) in [5.74, 6) is 3.40. The largest absolute Gasteiger partial charge is 0.508 e. The fraction of sp³-hybridized carbons (Fsp3) is 0.488. The molecule has 2 aliphatic heterocycles. The molecular weight excluding hydrogens is 1540 g/mol. The fourth-order valence-electron chi connectivity index (χ4n) is 11.7. The molecular formula is C82H111BrN2O28. The number of fused-ring (bicyclic) bond motifs is 6. The van der Waals surface area contributed by atoms with E-state index in [0.717, 1.165) is 77.9 Å². The summed E-state index contributed by atoms with van der Waals surface area (Å²) >= 11 is 3.43. The van der Waals surface area contributed by atoms with E-state index in [2.05, 4.69) is 26.6 Å². The molecule has 0 radical (unpaired) electrons. The van der Waals surface area contributed by atoms with Gasteiger partial charge in [0.25, 0.3) is 0 Å². The third-order valence-corrected chi connectivity index (χ3v) is 17.2. The Bertz CT molecular complexity index is 3940. The number of aryl methyl sites for hydroxylation is 2. The van der Waals surface area contributed by atoms with Gasteiger partial charge in [-0.15, -0.1) is 0 Å². The van der Waals surface area contributed by atoms with Gasteiger partial charge >= 0.3 is 0 Å². The number of allylic oxidation sites excluding steroid dienone is 8. The molecule has 8 rings (SSSR count). The van der Waals surface area contributed by atoms with Crippen molar-refractivity contribution in [3.8, 4) is 68.2 Å². The van der Waals surface area contributed by atoms with Crippen LogP contribution < -0.4 is 43.8 Å². The first-order valence-electron chi connectivity index (χ1n) is 36.5. The van der Waals surface area contributed by atoms with Crippen molar-refractivity contribution in [2.45, 2.75) is 209 Å². The predicted molar refractivity (Wildman–Crippen MR) is 417 cm³/mol. The molecule has 2 aliphatic carbocycles. The number of rotatable bonds is 36. The molecule has 4 aliphatic rings. The van der Waals surface area contributed by atoms with Crippen molar-refractivity contribution in [2.24, 2.45) is 0 Å². The number of amides is 2. The molecule has 0 bridgehead atoms. The van der Waals surface area contributed by atoms with Gasteiger partial charge in [0.15, 0.2) is 59.6 Å². The molecule has 0 saturated carbocycles. The first-order chi connectivity index (χ1) is 54.2. The molecule has 31 heteroatoms. The Kier molecular flexibility index (Phi) is 38.7. The molecule has 2 amide bonds. The summed E-state index contributed by atoms with van der Waals surface area (Å²) < 4.78 is 53.1. The van der Waals surface area contributed by atoms with Crippen LogP contribution in [0.15, 0.2) is 144 Å². The van der Waals surface area contributed by atoms with E-state index in [9.17, 15) is 14.7 Å². The topological polar surface area (TPSA) is 309 Å². The van der Waals surface area contributed by atoms with Gasteiger partial charge in [-0.25, -0.2) is 0 Å². The van der Waals surface area contributed by atoms with E-state index in [1.807, 2.05) is 113 Å². The van der Waals surface area contributed by atoms with Crippen molar-refractivity contribution in [3.05, 3.63) is 166 Å². The smallest absolute Gasteiger partial charge is 0.234 e. The van der Waals surface area contributed by atoms with Gasteiger partial charge in [0.05, 0.1) is 54.7 Å².